The van der Waals surface area contributed by atoms with Crippen LogP contribution in [0.1, 0.15) is 25.1 Å². The van der Waals surface area contributed by atoms with Crippen molar-refractivity contribution in [1.29, 1.82) is 0 Å². The molecule has 25 heavy (non-hydrogen) atoms. The number of likely N-dealkylation sites (N-methyl/N-ethyl adjacent to an activating group) is 1. The molecule has 0 amide bonds. The van der Waals surface area contributed by atoms with Crippen molar-refractivity contribution in [2.24, 2.45) is 0 Å². The molecule has 0 saturated heterocycles. The Morgan fingerprint density at radius 3 is 2.80 bits per heavy atom. The minimum absolute atomic E-state index is 0.0267. The van der Waals surface area contributed by atoms with Gasteiger partial charge in [-0.2, -0.15) is 0 Å². The first-order chi connectivity index (χ1) is 11.8. The number of fused-ring (bicyclic) bond motifs is 2. The van der Waals surface area contributed by atoms with E-state index in [1.54, 1.807) is 6.20 Å². The van der Waals surface area contributed by atoms with Gasteiger partial charge < -0.3 is 9.64 Å². The highest BCUT2D eigenvalue weighted by atomic mass is 79.9. The SMILES string of the molecule is CN1c2cccnc2C(C)(C)C12C=Cc1cc([N+](=O)[O-])cc(Br)c1O2. The normalized spacial score (nSPS) is 22.5. The molecule has 2 aromatic rings. The smallest absolute Gasteiger partial charge is 0.271 e. The summed E-state index contributed by atoms with van der Waals surface area (Å²) in [6.07, 6.45) is 5.64. The molecule has 128 valence electrons. The summed E-state index contributed by atoms with van der Waals surface area (Å²) in [6.45, 7) is 4.19. The number of hydrogen-bond acceptors (Lipinski definition) is 5. The van der Waals surface area contributed by atoms with E-state index in [0.717, 1.165) is 11.4 Å². The highest BCUT2D eigenvalue weighted by molar-refractivity contribution is 9.10. The highest BCUT2D eigenvalue weighted by Gasteiger charge is 2.58. The predicted molar refractivity (Wildman–Crippen MR) is 98.9 cm³/mol. The number of hydrogen-bond donors (Lipinski definition) is 0. The van der Waals surface area contributed by atoms with Crippen LogP contribution >= 0.6 is 15.9 Å². The molecule has 0 saturated carbocycles. The van der Waals surface area contributed by atoms with Crippen LogP contribution in [0.4, 0.5) is 11.4 Å². The Morgan fingerprint density at radius 2 is 2.12 bits per heavy atom. The van der Waals surface area contributed by atoms with E-state index in [9.17, 15) is 10.1 Å². The number of non-ortho nitro benzene ring substituents is 1. The summed E-state index contributed by atoms with van der Waals surface area (Å²) in [6, 6.07) is 6.93. The molecule has 1 aromatic heterocycles. The van der Waals surface area contributed by atoms with Gasteiger partial charge in [0.1, 0.15) is 5.75 Å². The van der Waals surface area contributed by atoms with Crippen LogP contribution in [0.5, 0.6) is 5.75 Å². The van der Waals surface area contributed by atoms with Gasteiger partial charge in [0.25, 0.3) is 5.69 Å². The third-order valence-corrected chi connectivity index (χ3v) is 5.74. The third-order valence-electron chi connectivity index (χ3n) is 5.15. The predicted octanol–water partition coefficient (Wildman–Crippen LogP) is 4.28. The molecule has 0 aliphatic carbocycles. The lowest BCUT2D eigenvalue weighted by Gasteiger charge is -2.45. The summed E-state index contributed by atoms with van der Waals surface area (Å²) in [5.41, 5.74) is 1.52. The maximum absolute atomic E-state index is 11.1. The van der Waals surface area contributed by atoms with Crippen LogP contribution in [0.2, 0.25) is 0 Å². The van der Waals surface area contributed by atoms with E-state index in [0.29, 0.717) is 15.8 Å². The molecule has 0 fully saturated rings. The van der Waals surface area contributed by atoms with Crippen LogP contribution in [0.15, 0.2) is 41.0 Å². The molecule has 1 spiro atoms. The topological polar surface area (TPSA) is 68.5 Å². The van der Waals surface area contributed by atoms with Crippen LogP contribution in [0, 0.1) is 10.1 Å². The van der Waals surface area contributed by atoms with Gasteiger partial charge in [-0.05, 0) is 54.1 Å². The van der Waals surface area contributed by atoms with Gasteiger partial charge in [-0.3, -0.25) is 15.1 Å². The van der Waals surface area contributed by atoms with Gasteiger partial charge in [0, 0.05) is 30.9 Å². The van der Waals surface area contributed by atoms with E-state index in [-0.39, 0.29) is 5.69 Å². The van der Waals surface area contributed by atoms with Crippen molar-refractivity contribution in [1.82, 2.24) is 4.98 Å². The number of anilines is 1. The third kappa shape index (κ3) is 1.99. The number of aromatic nitrogens is 1. The molecule has 6 nitrogen and oxygen atoms in total. The Kier molecular flexibility index (Phi) is 3.25. The van der Waals surface area contributed by atoms with Gasteiger partial charge in [-0.15, -0.1) is 0 Å². The first-order valence-electron chi connectivity index (χ1n) is 7.83. The van der Waals surface area contributed by atoms with Gasteiger partial charge in [0.05, 0.1) is 26.2 Å². The largest absolute Gasteiger partial charge is 0.462 e. The average Bonchev–Trinajstić information content (AvgIpc) is 2.75. The van der Waals surface area contributed by atoms with Crippen molar-refractivity contribution >= 4 is 33.4 Å². The molecule has 3 heterocycles. The van der Waals surface area contributed by atoms with Gasteiger partial charge in [0.15, 0.2) is 0 Å². The van der Waals surface area contributed by atoms with Crippen LogP contribution in [-0.2, 0) is 5.41 Å². The lowest BCUT2D eigenvalue weighted by Crippen LogP contribution is -2.58. The van der Waals surface area contributed by atoms with E-state index in [2.05, 4.69) is 39.7 Å². The standard InChI is InChI=1S/C18H16BrN3O3/c1-17(2)16-14(5-4-8-20-16)21(3)18(17)7-6-11-9-12(22(23)24)10-13(19)15(11)25-18/h4-10H,1-3H3. The van der Waals surface area contributed by atoms with Crippen molar-refractivity contribution in [2.75, 3.05) is 11.9 Å². The van der Waals surface area contributed by atoms with Crippen LogP contribution in [-0.4, -0.2) is 22.7 Å². The van der Waals surface area contributed by atoms with Gasteiger partial charge in [-0.1, -0.05) is 0 Å². The number of nitro groups is 1. The maximum atomic E-state index is 11.1. The molecule has 1 unspecified atom stereocenters. The van der Waals surface area contributed by atoms with E-state index in [4.69, 9.17) is 4.74 Å². The summed E-state index contributed by atoms with van der Waals surface area (Å²) in [4.78, 5) is 17.3. The number of pyridine rings is 1. The van der Waals surface area contributed by atoms with Crippen molar-refractivity contribution in [3.63, 3.8) is 0 Å². The summed E-state index contributed by atoms with van der Waals surface area (Å²) in [7, 11) is 1.98. The zero-order chi connectivity index (χ0) is 18.0. The fraction of sp³-hybridized carbons (Fsp3) is 0.278. The lowest BCUT2D eigenvalue weighted by atomic mass is 9.78. The van der Waals surface area contributed by atoms with Crippen LogP contribution < -0.4 is 9.64 Å². The fourth-order valence-corrected chi connectivity index (χ4v) is 4.31. The first kappa shape index (κ1) is 16.1. The fourth-order valence-electron chi connectivity index (χ4n) is 3.76. The van der Waals surface area contributed by atoms with Crippen LogP contribution in [0.3, 0.4) is 0 Å². The number of nitro benzene ring substituents is 1. The van der Waals surface area contributed by atoms with Crippen molar-refractivity contribution in [3.05, 3.63) is 62.4 Å². The van der Waals surface area contributed by atoms with E-state index >= 15 is 0 Å². The highest BCUT2D eigenvalue weighted by Crippen LogP contribution is 2.54. The molecular formula is C18H16BrN3O3. The zero-order valence-electron chi connectivity index (χ0n) is 14.0. The van der Waals surface area contributed by atoms with Crippen molar-refractivity contribution < 1.29 is 9.66 Å². The molecule has 2 aliphatic rings. The quantitative estimate of drug-likeness (QED) is 0.526. The summed E-state index contributed by atoms with van der Waals surface area (Å²) in [5.74, 6) is 0.598. The Hall–Kier alpha value is -2.41. The second kappa shape index (κ2) is 5.05. The van der Waals surface area contributed by atoms with Crippen molar-refractivity contribution in [2.45, 2.75) is 25.0 Å². The Bertz CT molecular complexity index is 941. The average molecular weight is 402 g/mol. The second-order valence-corrected chi connectivity index (χ2v) is 7.64. The maximum Gasteiger partial charge on any atom is 0.271 e. The minimum atomic E-state index is -0.755. The van der Waals surface area contributed by atoms with Crippen molar-refractivity contribution in [3.8, 4) is 5.75 Å². The first-order valence-corrected chi connectivity index (χ1v) is 8.63. The molecule has 2 aliphatic heterocycles. The molecule has 7 heteroatoms. The number of nitrogens with zero attached hydrogens (tertiary/aromatic N) is 3. The number of ether oxygens (including phenoxy) is 1. The van der Waals surface area contributed by atoms with E-state index in [1.807, 2.05) is 31.3 Å². The minimum Gasteiger partial charge on any atom is -0.462 e. The second-order valence-electron chi connectivity index (χ2n) is 6.79. The van der Waals surface area contributed by atoms with E-state index < -0.39 is 16.1 Å². The lowest BCUT2D eigenvalue weighted by molar-refractivity contribution is -0.385. The zero-order valence-corrected chi connectivity index (χ0v) is 15.6. The van der Waals surface area contributed by atoms with Crippen LogP contribution in [0.25, 0.3) is 6.08 Å². The van der Waals surface area contributed by atoms with E-state index in [1.165, 1.54) is 12.1 Å². The molecule has 0 radical (unpaired) electrons. The monoisotopic (exact) mass is 401 g/mol. The molecule has 0 N–H and O–H groups in total. The molecular weight excluding hydrogens is 386 g/mol. The number of rotatable bonds is 1. The Labute approximate surface area is 153 Å². The molecule has 1 aromatic carbocycles. The summed E-state index contributed by atoms with van der Waals surface area (Å²) in [5, 5.41) is 11.1. The number of halogens is 1. The Morgan fingerprint density at radius 1 is 1.36 bits per heavy atom. The molecule has 4 rings (SSSR count). The summed E-state index contributed by atoms with van der Waals surface area (Å²) >= 11 is 3.43. The summed E-state index contributed by atoms with van der Waals surface area (Å²) < 4.78 is 7.05. The molecule has 1 atom stereocenters. The Balaban J connectivity index is 1.88. The van der Waals surface area contributed by atoms with Gasteiger partial charge in [-0.25, -0.2) is 0 Å². The number of benzene rings is 1. The molecule has 0 bridgehead atoms. The van der Waals surface area contributed by atoms with Gasteiger partial charge >= 0.3 is 0 Å². The van der Waals surface area contributed by atoms with Gasteiger partial charge in [0.2, 0.25) is 5.72 Å².